The van der Waals surface area contributed by atoms with Gasteiger partial charge in [0.05, 0.1) is 23.7 Å². The average Bonchev–Trinajstić information content (AvgIpc) is 3.10. The Morgan fingerprint density at radius 1 is 1.31 bits per heavy atom. The first-order chi connectivity index (χ1) is 12.5. The first-order valence-electron chi connectivity index (χ1n) is 8.53. The van der Waals surface area contributed by atoms with Gasteiger partial charge in [-0.05, 0) is 38.0 Å². The summed E-state index contributed by atoms with van der Waals surface area (Å²) in [5, 5.41) is 0.187. The fraction of sp³-hybridized carbons (Fsp3) is 0.350. The molecule has 1 saturated heterocycles. The lowest BCUT2D eigenvalue weighted by molar-refractivity contribution is 0.0595. The minimum absolute atomic E-state index is 0.187. The van der Waals surface area contributed by atoms with Crippen molar-refractivity contribution in [2.24, 2.45) is 0 Å². The monoisotopic (exact) mass is 377 g/mol. The van der Waals surface area contributed by atoms with E-state index in [2.05, 4.69) is 40.8 Å². The molecule has 1 aliphatic heterocycles. The number of halogens is 2. The third-order valence-corrected chi connectivity index (χ3v) is 4.90. The molecule has 2 aromatic carbocycles. The zero-order chi connectivity index (χ0) is 18.7. The molecule has 26 heavy (non-hydrogen) atoms. The number of rotatable bonds is 5. The van der Waals surface area contributed by atoms with Gasteiger partial charge in [-0.25, -0.2) is 9.18 Å². The molecule has 4 nitrogen and oxygen atoms in total. The average molecular weight is 378 g/mol. The lowest BCUT2D eigenvalue weighted by atomic mass is 10.2. The third kappa shape index (κ3) is 3.93. The van der Waals surface area contributed by atoms with Crippen LogP contribution < -0.4 is 9.64 Å². The Morgan fingerprint density at radius 3 is 2.73 bits per heavy atom. The molecule has 0 bridgehead atoms. The van der Waals surface area contributed by atoms with E-state index in [0.29, 0.717) is 6.61 Å². The van der Waals surface area contributed by atoms with E-state index >= 15 is 0 Å². The second-order valence-corrected chi connectivity index (χ2v) is 6.80. The zero-order valence-electron chi connectivity index (χ0n) is 14.8. The number of anilines is 1. The Morgan fingerprint density at radius 2 is 2.04 bits per heavy atom. The van der Waals surface area contributed by atoms with Crippen molar-refractivity contribution in [2.75, 3.05) is 25.2 Å². The Kier molecular flexibility index (Phi) is 5.67. The van der Waals surface area contributed by atoms with Crippen molar-refractivity contribution in [3.63, 3.8) is 0 Å². The van der Waals surface area contributed by atoms with E-state index < -0.39 is 11.8 Å². The molecule has 0 N–H and O–H groups in total. The highest BCUT2D eigenvalue weighted by Gasteiger charge is 2.26. The van der Waals surface area contributed by atoms with Crippen LogP contribution in [0.15, 0.2) is 36.4 Å². The predicted octanol–water partition coefficient (Wildman–Crippen LogP) is 4.62. The molecule has 0 saturated carbocycles. The van der Waals surface area contributed by atoms with E-state index in [0.717, 1.165) is 31.1 Å². The van der Waals surface area contributed by atoms with Crippen molar-refractivity contribution in [1.82, 2.24) is 0 Å². The van der Waals surface area contributed by atoms with Crippen LogP contribution in [0.2, 0.25) is 5.02 Å². The number of carbonyl (C=O) groups excluding carboxylic acids is 1. The smallest absolute Gasteiger partial charge is 0.340 e. The van der Waals surface area contributed by atoms with Gasteiger partial charge >= 0.3 is 5.97 Å². The maximum Gasteiger partial charge on any atom is 0.340 e. The molecule has 0 aliphatic carbocycles. The van der Waals surface area contributed by atoms with E-state index in [-0.39, 0.29) is 22.4 Å². The molecule has 138 valence electrons. The molecule has 0 unspecified atom stereocenters. The van der Waals surface area contributed by atoms with Gasteiger partial charge in [-0.3, -0.25) is 0 Å². The maximum atomic E-state index is 14.1. The van der Waals surface area contributed by atoms with Crippen LogP contribution >= 0.6 is 11.6 Å². The number of esters is 1. The quantitative estimate of drug-likeness (QED) is 0.712. The minimum Gasteiger partial charge on any atom is -0.490 e. The number of benzene rings is 2. The van der Waals surface area contributed by atoms with Gasteiger partial charge in [0.25, 0.3) is 0 Å². The fourth-order valence-corrected chi connectivity index (χ4v) is 3.39. The van der Waals surface area contributed by atoms with Gasteiger partial charge in [0.2, 0.25) is 0 Å². The second kappa shape index (κ2) is 7.96. The summed E-state index contributed by atoms with van der Waals surface area (Å²) in [6.07, 6.45) is 2.07. The standard InChI is InChI=1S/C20H21ClFNO3/c1-13-5-7-14(8-6-13)23-9-3-4-15(23)12-26-19-11-18(22)16(10-17(19)21)20(24)25-2/h5-8,10-11,15H,3-4,9,12H2,1-2H3/t15-/m1/s1. The molecule has 2 aromatic rings. The molecule has 0 radical (unpaired) electrons. The van der Waals surface area contributed by atoms with E-state index in [1.807, 2.05) is 0 Å². The van der Waals surface area contributed by atoms with Crippen LogP contribution in [0, 0.1) is 12.7 Å². The first kappa shape index (κ1) is 18.5. The molecule has 1 atom stereocenters. The van der Waals surface area contributed by atoms with E-state index in [1.54, 1.807) is 0 Å². The van der Waals surface area contributed by atoms with Crippen LogP contribution in [0.4, 0.5) is 10.1 Å². The van der Waals surface area contributed by atoms with Crippen molar-refractivity contribution in [3.8, 4) is 5.75 Å². The second-order valence-electron chi connectivity index (χ2n) is 6.39. The summed E-state index contributed by atoms with van der Waals surface area (Å²) in [5.41, 5.74) is 2.17. The van der Waals surface area contributed by atoms with Crippen LogP contribution in [0.25, 0.3) is 0 Å². The van der Waals surface area contributed by atoms with Crippen molar-refractivity contribution in [2.45, 2.75) is 25.8 Å². The first-order valence-corrected chi connectivity index (χ1v) is 8.91. The van der Waals surface area contributed by atoms with Crippen LogP contribution in [0.5, 0.6) is 5.75 Å². The third-order valence-electron chi connectivity index (χ3n) is 4.60. The van der Waals surface area contributed by atoms with Crippen molar-refractivity contribution < 1.29 is 18.7 Å². The van der Waals surface area contributed by atoms with E-state index in [4.69, 9.17) is 16.3 Å². The van der Waals surface area contributed by atoms with Gasteiger partial charge in [0.15, 0.2) is 0 Å². The topological polar surface area (TPSA) is 38.8 Å². The lowest BCUT2D eigenvalue weighted by Gasteiger charge is -2.27. The molecule has 0 amide bonds. The maximum absolute atomic E-state index is 14.1. The van der Waals surface area contributed by atoms with E-state index in [1.165, 1.54) is 18.7 Å². The van der Waals surface area contributed by atoms with Gasteiger partial charge in [-0.1, -0.05) is 29.3 Å². The predicted molar refractivity (Wildman–Crippen MR) is 99.8 cm³/mol. The summed E-state index contributed by atoms with van der Waals surface area (Å²) in [4.78, 5) is 13.8. The number of methoxy groups -OCH3 is 1. The zero-order valence-corrected chi connectivity index (χ0v) is 15.6. The van der Waals surface area contributed by atoms with Gasteiger partial charge in [0, 0.05) is 18.3 Å². The number of hydrogen-bond donors (Lipinski definition) is 0. The van der Waals surface area contributed by atoms with E-state index in [9.17, 15) is 9.18 Å². The van der Waals surface area contributed by atoms with Gasteiger partial charge in [0.1, 0.15) is 18.2 Å². The SMILES string of the molecule is COC(=O)c1cc(Cl)c(OC[C@H]2CCCN2c2ccc(C)cc2)cc1F. The number of hydrogen-bond acceptors (Lipinski definition) is 4. The molecule has 1 fully saturated rings. The normalized spacial score (nSPS) is 16.6. The summed E-state index contributed by atoms with van der Waals surface area (Å²) >= 11 is 6.15. The molecular formula is C20H21ClFNO3. The molecule has 0 spiro atoms. The summed E-state index contributed by atoms with van der Waals surface area (Å²) < 4.78 is 24.4. The summed E-state index contributed by atoms with van der Waals surface area (Å²) in [5.74, 6) is -1.25. The number of aryl methyl sites for hydroxylation is 1. The van der Waals surface area contributed by atoms with Gasteiger partial charge in [-0.2, -0.15) is 0 Å². The number of nitrogens with zero attached hydrogens (tertiary/aromatic N) is 1. The largest absolute Gasteiger partial charge is 0.490 e. The minimum atomic E-state index is -0.766. The van der Waals surface area contributed by atoms with Crippen LogP contribution in [-0.2, 0) is 4.74 Å². The summed E-state index contributed by atoms with van der Waals surface area (Å²) in [6.45, 7) is 3.41. The Bertz CT molecular complexity index is 794. The molecule has 1 heterocycles. The fourth-order valence-electron chi connectivity index (χ4n) is 3.18. The molecular weight excluding hydrogens is 357 g/mol. The Labute approximate surface area is 157 Å². The van der Waals surface area contributed by atoms with Gasteiger partial charge < -0.3 is 14.4 Å². The highest BCUT2D eigenvalue weighted by molar-refractivity contribution is 6.32. The van der Waals surface area contributed by atoms with Gasteiger partial charge in [-0.15, -0.1) is 0 Å². The van der Waals surface area contributed by atoms with Crippen molar-refractivity contribution >= 4 is 23.3 Å². The molecule has 6 heteroatoms. The van der Waals surface area contributed by atoms with Crippen molar-refractivity contribution in [1.29, 1.82) is 0 Å². The highest BCUT2D eigenvalue weighted by atomic mass is 35.5. The highest BCUT2D eigenvalue weighted by Crippen LogP contribution is 2.30. The van der Waals surface area contributed by atoms with Crippen LogP contribution in [0.3, 0.4) is 0 Å². The van der Waals surface area contributed by atoms with Crippen LogP contribution in [-0.4, -0.2) is 32.3 Å². The van der Waals surface area contributed by atoms with Crippen molar-refractivity contribution in [3.05, 3.63) is 58.4 Å². The number of ether oxygens (including phenoxy) is 2. The molecule has 3 rings (SSSR count). The molecule has 0 aromatic heterocycles. The van der Waals surface area contributed by atoms with Crippen LogP contribution in [0.1, 0.15) is 28.8 Å². The number of carbonyl (C=O) groups is 1. The summed E-state index contributed by atoms with van der Waals surface area (Å²) in [7, 11) is 1.19. The summed E-state index contributed by atoms with van der Waals surface area (Å²) in [6, 6.07) is 10.9. The Hall–Kier alpha value is -2.27. The Balaban J connectivity index is 1.71. The molecule has 1 aliphatic rings. The lowest BCUT2D eigenvalue weighted by Crippen LogP contribution is -2.34.